The monoisotopic (exact) mass is 140 g/mol. The molecule has 0 aromatic rings. The molecule has 0 saturated heterocycles. The second-order valence-electron chi connectivity index (χ2n) is 4.09. The Kier molecular flexibility index (Phi) is 1.54. The van der Waals surface area contributed by atoms with Gasteiger partial charge in [0.25, 0.3) is 0 Å². The van der Waals surface area contributed by atoms with Crippen LogP contribution < -0.4 is 0 Å². The third-order valence-electron chi connectivity index (χ3n) is 2.72. The van der Waals surface area contributed by atoms with Gasteiger partial charge in [0.2, 0.25) is 0 Å². The Labute approximate surface area is 63.1 Å². The zero-order chi connectivity index (χ0) is 7.83. The van der Waals surface area contributed by atoms with Crippen molar-refractivity contribution >= 4 is 0 Å². The summed E-state index contributed by atoms with van der Waals surface area (Å²) in [5.41, 5.74) is 0.253. The van der Waals surface area contributed by atoms with Gasteiger partial charge < -0.3 is 4.74 Å². The average molecular weight is 140 g/mol. The van der Waals surface area contributed by atoms with Crippen LogP contribution in [-0.4, -0.2) is 5.60 Å². The lowest BCUT2D eigenvalue weighted by molar-refractivity contribution is -0.0579. The molecule has 0 spiro atoms. The lowest BCUT2D eigenvalue weighted by Gasteiger charge is -2.42. The van der Waals surface area contributed by atoms with E-state index in [4.69, 9.17) is 4.74 Å². The van der Waals surface area contributed by atoms with Crippen molar-refractivity contribution in [3.63, 3.8) is 0 Å². The molecule has 0 radical (unpaired) electrons. The normalized spacial score (nSPS) is 27.6. The highest BCUT2D eigenvalue weighted by molar-refractivity contribution is 4.99. The molecule has 0 atom stereocenters. The van der Waals surface area contributed by atoms with Gasteiger partial charge in [0.15, 0.2) is 0 Å². The minimum atomic E-state index is -0.0122. The molecule has 1 aliphatic heterocycles. The molecule has 0 saturated carbocycles. The van der Waals surface area contributed by atoms with Gasteiger partial charge in [-0.25, -0.2) is 0 Å². The van der Waals surface area contributed by atoms with E-state index in [9.17, 15) is 0 Å². The fourth-order valence-corrected chi connectivity index (χ4v) is 0.966. The van der Waals surface area contributed by atoms with Gasteiger partial charge >= 0.3 is 0 Å². The molecule has 0 unspecified atom stereocenters. The summed E-state index contributed by atoms with van der Waals surface area (Å²) in [6, 6.07) is 0. The molecule has 0 aromatic heterocycles. The fraction of sp³-hybridized carbons (Fsp3) is 0.778. The van der Waals surface area contributed by atoms with Gasteiger partial charge in [-0.15, -0.1) is 0 Å². The van der Waals surface area contributed by atoms with Crippen LogP contribution in [0, 0.1) is 5.41 Å². The van der Waals surface area contributed by atoms with Crippen LogP contribution in [0.3, 0.4) is 0 Å². The van der Waals surface area contributed by atoms with E-state index >= 15 is 0 Å². The first-order valence-electron chi connectivity index (χ1n) is 3.78. The van der Waals surface area contributed by atoms with E-state index in [1.807, 2.05) is 6.26 Å². The van der Waals surface area contributed by atoms with Crippen molar-refractivity contribution in [1.82, 2.24) is 0 Å². The second-order valence-corrected chi connectivity index (χ2v) is 4.09. The summed E-state index contributed by atoms with van der Waals surface area (Å²) in [5, 5.41) is 0. The van der Waals surface area contributed by atoms with E-state index < -0.39 is 0 Å². The van der Waals surface area contributed by atoms with Crippen molar-refractivity contribution in [2.24, 2.45) is 5.41 Å². The molecule has 58 valence electrons. The highest BCUT2D eigenvalue weighted by atomic mass is 16.5. The summed E-state index contributed by atoms with van der Waals surface area (Å²) < 4.78 is 5.50. The topological polar surface area (TPSA) is 9.23 Å². The average Bonchev–Trinajstić information content (AvgIpc) is 1.77. The summed E-state index contributed by atoms with van der Waals surface area (Å²) >= 11 is 0. The van der Waals surface area contributed by atoms with Gasteiger partial charge in [-0.3, -0.25) is 0 Å². The lowest BCUT2D eigenvalue weighted by Crippen LogP contribution is -2.41. The van der Waals surface area contributed by atoms with E-state index in [1.54, 1.807) is 0 Å². The maximum atomic E-state index is 5.50. The predicted molar refractivity (Wildman–Crippen MR) is 42.7 cm³/mol. The molecule has 0 fully saturated rings. The zero-order valence-electron chi connectivity index (χ0n) is 7.27. The number of allylic oxidation sites excluding steroid dienone is 1. The van der Waals surface area contributed by atoms with Gasteiger partial charge in [-0.2, -0.15) is 0 Å². The van der Waals surface area contributed by atoms with Crippen LogP contribution in [0.15, 0.2) is 12.3 Å². The summed E-state index contributed by atoms with van der Waals surface area (Å²) in [4.78, 5) is 0. The molecule has 1 nitrogen and oxygen atoms in total. The van der Waals surface area contributed by atoms with Crippen LogP contribution in [0.1, 0.15) is 34.1 Å². The molecule has 0 aromatic carbocycles. The Balaban J connectivity index is 2.84. The van der Waals surface area contributed by atoms with Crippen LogP contribution in [-0.2, 0) is 4.74 Å². The molecule has 1 rings (SSSR count). The molecule has 0 N–H and O–H groups in total. The minimum absolute atomic E-state index is 0.0122. The van der Waals surface area contributed by atoms with Gasteiger partial charge in [0.05, 0.1) is 6.26 Å². The van der Waals surface area contributed by atoms with Crippen molar-refractivity contribution in [2.75, 3.05) is 0 Å². The Morgan fingerprint density at radius 2 is 1.80 bits per heavy atom. The highest BCUT2D eigenvalue weighted by Crippen LogP contribution is 2.39. The van der Waals surface area contributed by atoms with Crippen molar-refractivity contribution < 1.29 is 4.74 Å². The fourth-order valence-electron chi connectivity index (χ4n) is 0.966. The Bertz CT molecular complexity index is 136. The summed E-state index contributed by atoms with van der Waals surface area (Å²) in [6.45, 7) is 8.74. The molecule has 1 heteroatoms. The second kappa shape index (κ2) is 2.01. The van der Waals surface area contributed by atoms with Crippen molar-refractivity contribution in [2.45, 2.75) is 39.7 Å². The van der Waals surface area contributed by atoms with Gasteiger partial charge in [0.1, 0.15) is 5.60 Å². The van der Waals surface area contributed by atoms with Gasteiger partial charge in [-0.1, -0.05) is 13.8 Å². The van der Waals surface area contributed by atoms with Crippen LogP contribution in [0.5, 0.6) is 0 Å². The zero-order valence-corrected chi connectivity index (χ0v) is 7.27. The SMILES string of the molecule is CC1(C)CC=COC1(C)C. The highest BCUT2D eigenvalue weighted by Gasteiger charge is 2.39. The third-order valence-corrected chi connectivity index (χ3v) is 2.72. The van der Waals surface area contributed by atoms with E-state index in [1.165, 1.54) is 0 Å². The third kappa shape index (κ3) is 1.05. The molecule has 0 amide bonds. The number of hydrogen-bond donors (Lipinski definition) is 0. The van der Waals surface area contributed by atoms with Crippen LogP contribution in [0.2, 0.25) is 0 Å². The smallest absolute Gasteiger partial charge is 0.108 e. The summed E-state index contributed by atoms with van der Waals surface area (Å²) in [7, 11) is 0. The maximum absolute atomic E-state index is 5.50. The Hall–Kier alpha value is -0.460. The van der Waals surface area contributed by atoms with Crippen molar-refractivity contribution in [3.05, 3.63) is 12.3 Å². The summed E-state index contributed by atoms with van der Waals surface area (Å²) in [6.07, 6.45) is 5.01. The first kappa shape index (κ1) is 7.64. The van der Waals surface area contributed by atoms with E-state index in [0.717, 1.165) is 6.42 Å². The first-order valence-corrected chi connectivity index (χ1v) is 3.78. The van der Waals surface area contributed by atoms with E-state index in [0.29, 0.717) is 0 Å². The standard InChI is InChI=1S/C9H16O/c1-8(2)6-5-7-10-9(8,3)4/h5,7H,6H2,1-4H3. The number of hydrogen-bond acceptors (Lipinski definition) is 1. The molecular weight excluding hydrogens is 124 g/mol. The summed E-state index contributed by atoms with van der Waals surface area (Å²) in [5.74, 6) is 0. The van der Waals surface area contributed by atoms with E-state index in [2.05, 4.69) is 33.8 Å². The molecule has 0 bridgehead atoms. The van der Waals surface area contributed by atoms with Crippen LogP contribution in [0.4, 0.5) is 0 Å². The predicted octanol–water partition coefficient (Wildman–Crippen LogP) is 2.73. The molecule has 0 aliphatic carbocycles. The molecule has 1 heterocycles. The van der Waals surface area contributed by atoms with Crippen LogP contribution >= 0.6 is 0 Å². The minimum Gasteiger partial charge on any atom is -0.495 e. The van der Waals surface area contributed by atoms with Crippen LogP contribution in [0.25, 0.3) is 0 Å². The number of ether oxygens (including phenoxy) is 1. The van der Waals surface area contributed by atoms with Gasteiger partial charge in [-0.05, 0) is 26.3 Å². The Morgan fingerprint density at radius 1 is 1.20 bits per heavy atom. The largest absolute Gasteiger partial charge is 0.495 e. The van der Waals surface area contributed by atoms with Gasteiger partial charge in [0, 0.05) is 5.41 Å². The van der Waals surface area contributed by atoms with E-state index in [-0.39, 0.29) is 11.0 Å². The van der Waals surface area contributed by atoms with Crippen molar-refractivity contribution in [3.8, 4) is 0 Å². The molecule has 10 heavy (non-hydrogen) atoms. The first-order chi connectivity index (χ1) is 4.46. The maximum Gasteiger partial charge on any atom is 0.108 e. The quantitative estimate of drug-likeness (QED) is 0.502. The van der Waals surface area contributed by atoms with Crippen molar-refractivity contribution in [1.29, 1.82) is 0 Å². The number of rotatable bonds is 0. The lowest BCUT2D eigenvalue weighted by atomic mass is 9.73. The molecule has 1 aliphatic rings. The Morgan fingerprint density at radius 3 is 2.10 bits per heavy atom. The molecular formula is C9H16O.